The molecule has 0 aliphatic carbocycles. The Kier molecular flexibility index (Phi) is 7.87. The first kappa shape index (κ1) is 17.5. The van der Waals surface area contributed by atoms with E-state index in [9.17, 15) is 4.79 Å². The number of amides is 1. The number of fused-ring (bicyclic) bond motifs is 1. The Morgan fingerprint density at radius 3 is 2.76 bits per heavy atom. The van der Waals surface area contributed by atoms with Crippen molar-refractivity contribution in [2.75, 3.05) is 19.6 Å². The molecule has 0 saturated heterocycles. The zero-order valence-corrected chi connectivity index (χ0v) is 13.2. The minimum atomic E-state index is 0. The topological polar surface area (TPSA) is 54.3 Å². The van der Waals surface area contributed by atoms with Crippen molar-refractivity contribution in [2.24, 2.45) is 0 Å². The van der Waals surface area contributed by atoms with Gasteiger partial charge in [0.05, 0.1) is 0 Å². The summed E-state index contributed by atoms with van der Waals surface area (Å²) < 4.78 is 5.68. The number of hydrogen-bond acceptors (Lipinski definition) is 3. The number of halogens is 1. The van der Waals surface area contributed by atoms with Gasteiger partial charge in [0.2, 0.25) is 5.91 Å². The summed E-state index contributed by atoms with van der Waals surface area (Å²) in [4.78, 5) is 11.7. The minimum absolute atomic E-state index is 0. The predicted octanol–water partition coefficient (Wildman–Crippen LogP) is 2.90. The molecule has 2 N–H and O–H groups in total. The summed E-state index contributed by atoms with van der Waals surface area (Å²) in [6, 6.07) is 9.90. The van der Waals surface area contributed by atoms with Gasteiger partial charge in [-0.25, -0.2) is 0 Å². The number of furan rings is 1. The van der Waals surface area contributed by atoms with Gasteiger partial charge in [-0.1, -0.05) is 25.1 Å². The molecular formula is C16H23ClN2O2. The summed E-state index contributed by atoms with van der Waals surface area (Å²) in [5, 5.41) is 7.24. The highest BCUT2D eigenvalue weighted by Crippen LogP contribution is 2.19. The zero-order valence-electron chi connectivity index (χ0n) is 12.4. The molecule has 0 spiro atoms. The van der Waals surface area contributed by atoms with Gasteiger partial charge in [0.25, 0.3) is 0 Å². The van der Waals surface area contributed by atoms with Crippen LogP contribution in [-0.2, 0) is 11.2 Å². The largest absolute Gasteiger partial charge is 0.461 e. The second kappa shape index (κ2) is 9.42. The number of rotatable bonds is 8. The second-order valence-electron chi connectivity index (χ2n) is 4.85. The lowest BCUT2D eigenvalue weighted by molar-refractivity contribution is -0.121. The van der Waals surface area contributed by atoms with E-state index in [1.807, 2.05) is 30.3 Å². The number of para-hydroxylation sites is 1. The van der Waals surface area contributed by atoms with Crippen LogP contribution in [0, 0.1) is 0 Å². The molecule has 0 saturated carbocycles. The van der Waals surface area contributed by atoms with Gasteiger partial charge < -0.3 is 15.1 Å². The van der Waals surface area contributed by atoms with Crippen LogP contribution in [0.15, 0.2) is 34.7 Å². The van der Waals surface area contributed by atoms with Crippen LogP contribution in [-0.4, -0.2) is 25.5 Å². The SMILES string of the molecule is CCCNCCNC(=O)CCc1cc2ccccc2o1.Cl. The fraction of sp³-hybridized carbons (Fsp3) is 0.438. The van der Waals surface area contributed by atoms with Crippen LogP contribution in [0.4, 0.5) is 0 Å². The summed E-state index contributed by atoms with van der Waals surface area (Å²) in [6.45, 7) is 4.62. The van der Waals surface area contributed by atoms with Crippen molar-refractivity contribution in [2.45, 2.75) is 26.2 Å². The molecule has 0 aliphatic heterocycles. The Morgan fingerprint density at radius 1 is 1.19 bits per heavy atom. The average molecular weight is 311 g/mol. The van der Waals surface area contributed by atoms with E-state index in [0.29, 0.717) is 19.4 Å². The summed E-state index contributed by atoms with van der Waals surface area (Å²) >= 11 is 0. The Bertz CT molecular complexity index is 521. The molecule has 1 amide bonds. The van der Waals surface area contributed by atoms with E-state index in [1.54, 1.807) is 0 Å². The van der Waals surface area contributed by atoms with E-state index in [4.69, 9.17) is 4.42 Å². The predicted molar refractivity (Wildman–Crippen MR) is 88.0 cm³/mol. The molecule has 0 aliphatic rings. The van der Waals surface area contributed by atoms with Crippen molar-refractivity contribution in [3.63, 3.8) is 0 Å². The molecule has 116 valence electrons. The van der Waals surface area contributed by atoms with E-state index in [2.05, 4.69) is 17.6 Å². The smallest absolute Gasteiger partial charge is 0.220 e. The van der Waals surface area contributed by atoms with Crippen LogP contribution < -0.4 is 10.6 Å². The molecule has 1 aromatic heterocycles. The molecule has 0 fully saturated rings. The highest BCUT2D eigenvalue weighted by Gasteiger charge is 2.06. The van der Waals surface area contributed by atoms with Crippen molar-refractivity contribution in [1.29, 1.82) is 0 Å². The van der Waals surface area contributed by atoms with Gasteiger partial charge in [0.15, 0.2) is 0 Å². The van der Waals surface area contributed by atoms with Crippen molar-refractivity contribution in [3.05, 3.63) is 36.1 Å². The number of benzene rings is 1. The fourth-order valence-corrected chi connectivity index (χ4v) is 2.08. The lowest BCUT2D eigenvalue weighted by Crippen LogP contribution is -2.32. The molecule has 1 aromatic carbocycles. The molecule has 5 heteroatoms. The molecule has 2 aromatic rings. The Balaban J connectivity index is 0.00000220. The number of hydrogen-bond donors (Lipinski definition) is 2. The third kappa shape index (κ3) is 5.78. The first-order chi connectivity index (χ1) is 9.79. The first-order valence-electron chi connectivity index (χ1n) is 7.24. The number of nitrogens with one attached hydrogen (secondary N) is 2. The van der Waals surface area contributed by atoms with E-state index >= 15 is 0 Å². The molecule has 0 bridgehead atoms. The minimum Gasteiger partial charge on any atom is -0.461 e. The molecule has 0 atom stereocenters. The third-order valence-corrected chi connectivity index (χ3v) is 3.13. The highest BCUT2D eigenvalue weighted by molar-refractivity contribution is 5.85. The second-order valence-corrected chi connectivity index (χ2v) is 4.85. The fourth-order valence-electron chi connectivity index (χ4n) is 2.08. The maximum atomic E-state index is 11.7. The molecule has 2 rings (SSSR count). The summed E-state index contributed by atoms with van der Waals surface area (Å²) in [6.07, 6.45) is 2.22. The standard InChI is InChI=1S/C16H22N2O2.ClH/c1-2-9-17-10-11-18-16(19)8-7-14-12-13-5-3-4-6-15(13)20-14;/h3-6,12,17H,2,7-11H2,1H3,(H,18,19);1H. The number of aryl methyl sites for hydroxylation is 1. The Hall–Kier alpha value is -1.52. The third-order valence-electron chi connectivity index (χ3n) is 3.13. The van der Waals surface area contributed by atoms with Crippen molar-refractivity contribution < 1.29 is 9.21 Å². The zero-order chi connectivity index (χ0) is 14.2. The van der Waals surface area contributed by atoms with E-state index < -0.39 is 0 Å². The van der Waals surface area contributed by atoms with E-state index in [-0.39, 0.29) is 18.3 Å². The lowest BCUT2D eigenvalue weighted by Gasteiger charge is -2.05. The maximum Gasteiger partial charge on any atom is 0.220 e. The molecule has 4 nitrogen and oxygen atoms in total. The van der Waals surface area contributed by atoms with Gasteiger partial charge in [0.1, 0.15) is 11.3 Å². The molecule has 1 heterocycles. The van der Waals surface area contributed by atoms with Gasteiger partial charge in [-0.05, 0) is 25.1 Å². The van der Waals surface area contributed by atoms with Crippen LogP contribution in [0.3, 0.4) is 0 Å². The van der Waals surface area contributed by atoms with Crippen LogP contribution in [0.2, 0.25) is 0 Å². The van der Waals surface area contributed by atoms with Crippen LogP contribution in [0.1, 0.15) is 25.5 Å². The molecule has 0 unspecified atom stereocenters. The first-order valence-corrected chi connectivity index (χ1v) is 7.24. The average Bonchev–Trinajstić information content (AvgIpc) is 2.88. The Labute approximate surface area is 131 Å². The molecular weight excluding hydrogens is 288 g/mol. The van der Waals surface area contributed by atoms with Crippen molar-refractivity contribution in [3.8, 4) is 0 Å². The van der Waals surface area contributed by atoms with Crippen LogP contribution in [0.25, 0.3) is 11.0 Å². The normalized spacial score (nSPS) is 10.3. The Morgan fingerprint density at radius 2 is 2.00 bits per heavy atom. The van der Waals surface area contributed by atoms with E-state index in [0.717, 1.165) is 36.2 Å². The highest BCUT2D eigenvalue weighted by atomic mass is 35.5. The summed E-state index contributed by atoms with van der Waals surface area (Å²) in [5.41, 5.74) is 0.881. The molecule has 21 heavy (non-hydrogen) atoms. The van der Waals surface area contributed by atoms with Gasteiger partial charge in [-0.3, -0.25) is 4.79 Å². The van der Waals surface area contributed by atoms with Gasteiger partial charge in [-0.2, -0.15) is 0 Å². The van der Waals surface area contributed by atoms with Crippen LogP contribution >= 0.6 is 12.4 Å². The number of carbonyl (C=O) groups excluding carboxylic acids is 1. The van der Waals surface area contributed by atoms with Crippen molar-refractivity contribution >= 4 is 29.3 Å². The van der Waals surface area contributed by atoms with Gasteiger partial charge >= 0.3 is 0 Å². The maximum absolute atomic E-state index is 11.7. The summed E-state index contributed by atoms with van der Waals surface area (Å²) in [7, 11) is 0. The lowest BCUT2D eigenvalue weighted by atomic mass is 10.2. The van der Waals surface area contributed by atoms with Crippen molar-refractivity contribution in [1.82, 2.24) is 10.6 Å². The van der Waals surface area contributed by atoms with Gasteiger partial charge in [0, 0.05) is 31.3 Å². The quantitative estimate of drug-likeness (QED) is 0.737. The summed E-state index contributed by atoms with van der Waals surface area (Å²) in [5.74, 6) is 0.939. The van der Waals surface area contributed by atoms with Crippen LogP contribution in [0.5, 0.6) is 0 Å². The van der Waals surface area contributed by atoms with Gasteiger partial charge in [-0.15, -0.1) is 12.4 Å². The molecule has 0 radical (unpaired) electrons. The van der Waals surface area contributed by atoms with E-state index in [1.165, 1.54) is 0 Å². The number of carbonyl (C=O) groups is 1. The monoisotopic (exact) mass is 310 g/mol.